The lowest BCUT2D eigenvalue weighted by molar-refractivity contribution is -0.384. The zero-order chi connectivity index (χ0) is 50.4. The first kappa shape index (κ1) is 55.0. The Morgan fingerprint density at radius 3 is 2.28 bits per heavy atom. The molecular weight excluding hydrogens is 906 g/mol. The van der Waals surface area contributed by atoms with Gasteiger partial charge in [0.1, 0.15) is 36.6 Å². The van der Waals surface area contributed by atoms with Gasteiger partial charge in [0.25, 0.3) is 5.69 Å². The number of rotatable bonds is 32. The summed E-state index contributed by atoms with van der Waals surface area (Å²) in [6.45, 7) is 9.20. The second kappa shape index (κ2) is 28.7. The molecule has 0 spiro atoms. The molecular formula is C57H78FN3O10. The molecule has 0 radical (unpaired) electrons. The summed E-state index contributed by atoms with van der Waals surface area (Å²) in [5.41, 5.74) is 3.45. The summed E-state index contributed by atoms with van der Waals surface area (Å²) in [5, 5.41) is 36.3. The molecule has 14 heteroatoms. The van der Waals surface area contributed by atoms with Crippen LogP contribution in [0.4, 0.5) is 14.9 Å². The standard InChI is InChI=1S/C57H78FN3O10/c1-4-7-8-9-10-11-12-13-14-21-36-67-56(64)60(32-5-2)53-39-51(59-70-40-42-26-28-45(29-27-42)61(65)66)48-37-43(22-17-19-33-62)47(24-18-20-34-63)54-49-38-46(68-41-44-23-15-16-25-50(44)58)30-31-52(49)71-57(53,55(48)54)69-35-6-3/h6,15-16,23,25-31,37-38,43,47,53-55,62-63H,3-5,7-14,17-22,24,32-36,39-41H2,1-2H3. The van der Waals surface area contributed by atoms with E-state index in [0.717, 1.165) is 56.1 Å². The van der Waals surface area contributed by atoms with Crippen molar-refractivity contribution in [1.29, 1.82) is 0 Å². The number of hydrogen-bond acceptors (Lipinski definition) is 11. The quantitative estimate of drug-likeness (QED) is 0.0266. The first-order valence-corrected chi connectivity index (χ1v) is 26.4. The van der Waals surface area contributed by atoms with E-state index in [4.69, 9.17) is 28.9 Å². The predicted octanol–water partition coefficient (Wildman–Crippen LogP) is 12.9. The van der Waals surface area contributed by atoms with Gasteiger partial charge in [0, 0.05) is 55.4 Å². The number of nitro benzene ring substituents is 1. The van der Waals surface area contributed by atoms with E-state index in [2.05, 4.69) is 19.6 Å². The number of non-ortho nitro benzene ring substituents is 1. The molecule has 1 fully saturated rings. The number of halogens is 1. The summed E-state index contributed by atoms with van der Waals surface area (Å²) in [7, 11) is 0. The summed E-state index contributed by atoms with van der Waals surface area (Å²) < 4.78 is 41.8. The summed E-state index contributed by atoms with van der Waals surface area (Å²) in [6, 6.07) is 17.6. The molecule has 2 aliphatic carbocycles. The molecule has 1 amide bonds. The molecule has 3 aromatic rings. The Bertz CT molecular complexity index is 2200. The number of ether oxygens (including phenoxy) is 4. The third kappa shape index (κ3) is 14.7. The minimum atomic E-state index is -1.47. The molecule has 3 aromatic carbocycles. The van der Waals surface area contributed by atoms with Crippen molar-refractivity contribution >= 4 is 17.5 Å². The fourth-order valence-electron chi connectivity index (χ4n) is 10.9. The number of fused-ring (bicyclic) bond motifs is 2. The van der Waals surface area contributed by atoms with E-state index in [1.807, 2.05) is 25.1 Å². The Kier molecular flexibility index (Phi) is 22.2. The summed E-state index contributed by atoms with van der Waals surface area (Å²) in [6.07, 6.45) is 20.2. The van der Waals surface area contributed by atoms with Gasteiger partial charge >= 0.3 is 6.09 Å². The number of aliphatic hydroxyl groups excluding tert-OH is 2. The maximum absolute atomic E-state index is 14.9. The molecule has 6 unspecified atom stereocenters. The van der Waals surface area contributed by atoms with Crippen molar-refractivity contribution in [2.45, 2.75) is 160 Å². The van der Waals surface area contributed by atoms with Crippen molar-refractivity contribution in [2.75, 3.05) is 33.0 Å². The number of nitrogens with zero attached hydrogens (tertiary/aromatic N) is 3. The molecule has 0 bridgehead atoms. The number of carbonyl (C=O) groups is 1. The number of oxime groups is 1. The van der Waals surface area contributed by atoms with E-state index in [1.54, 1.807) is 41.3 Å². The number of allylic oxidation sites excluding steroid dienone is 1. The average Bonchev–Trinajstić information content (AvgIpc) is 3.37. The number of benzene rings is 3. The number of amides is 1. The fraction of sp³-hybridized carbons (Fsp3) is 0.579. The first-order valence-electron chi connectivity index (χ1n) is 26.4. The van der Waals surface area contributed by atoms with E-state index >= 15 is 0 Å². The van der Waals surface area contributed by atoms with Crippen LogP contribution in [0.1, 0.15) is 152 Å². The largest absolute Gasteiger partial charge is 0.489 e. The van der Waals surface area contributed by atoms with Crippen LogP contribution in [0.5, 0.6) is 11.5 Å². The maximum atomic E-state index is 14.9. The van der Waals surface area contributed by atoms with Crippen LogP contribution in [0.15, 0.2) is 96.2 Å². The lowest BCUT2D eigenvalue weighted by Gasteiger charge is -2.59. The molecule has 0 aromatic heterocycles. The molecule has 1 saturated carbocycles. The molecule has 71 heavy (non-hydrogen) atoms. The summed E-state index contributed by atoms with van der Waals surface area (Å²) >= 11 is 0. The van der Waals surface area contributed by atoms with Gasteiger partial charge < -0.3 is 34.0 Å². The fourth-order valence-corrected chi connectivity index (χ4v) is 10.9. The summed E-state index contributed by atoms with van der Waals surface area (Å²) in [4.78, 5) is 33.6. The lowest BCUT2D eigenvalue weighted by Crippen LogP contribution is -2.70. The summed E-state index contributed by atoms with van der Waals surface area (Å²) in [5.74, 6) is -1.60. The van der Waals surface area contributed by atoms with Gasteiger partial charge in [0.15, 0.2) is 0 Å². The van der Waals surface area contributed by atoms with Gasteiger partial charge in [-0.3, -0.25) is 15.0 Å². The second-order valence-electron chi connectivity index (χ2n) is 19.3. The van der Waals surface area contributed by atoms with Crippen molar-refractivity contribution in [3.63, 3.8) is 0 Å². The average molecular weight is 984 g/mol. The number of unbranched alkanes of at least 4 members (excludes halogenated alkanes) is 11. The second-order valence-corrected chi connectivity index (χ2v) is 19.3. The number of aliphatic hydroxyl groups is 2. The van der Waals surface area contributed by atoms with E-state index in [0.29, 0.717) is 54.1 Å². The van der Waals surface area contributed by atoms with Gasteiger partial charge in [0.2, 0.25) is 5.79 Å². The predicted molar refractivity (Wildman–Crippen MR) is 274 cm³/mol. The molecule has 0 saturated heterocycles. The number of carbonyl (C=O) groups excluding carboxylic acids is 1. The van der Waals surface area contributed by atoms with Gasteiger partial charge in [-0.1, -0.05) is 120 Å². The van der Waals surface area contributed by atoms with Crippen LogP contribution < -0.4 is 9.47 Å². The minimum Gasteiger partial charge on any atom is -0.489 e. The SMILES string of the molecule is C=CCOC12Oc3ccc(OCc4ccccc4F)cc3C3C(CCCCO)C(CCCCO)C=C(C(=NOCc4ccc([N+](=O)[O-])cc4)CC1N(CCC)C(=O)OCCCCCCCCCCCC)C32. The van der Waals surface area contributed by atoms with E-state index < -0.39 is 28.8 Å². The normalized spacial score (nSPS) is 21.6. The van der Waals surface area contributed by atoms with Gasteiger partial charge in [-0.25, -0.2) is 9.18 Å². The van der Waals surface area contributed by atoms with Crippen LogP contribution in [0, 0.1) is 33.7 Å². The first-order chi connectivity index (χ1) is 34.7. The zero-order valence-electron chi connectivity index (χ0n) is 42.2. The Balaban J connectivity index is 1.43. The molecule has 13 nitrogen and oxygen atoms in total. The van der Waals surface area contributed by atoms with E-state index in [1.165, 1.54) is 63.1 Å². The Labute approximate surface area is 420 Å². The van der Waals surface area contributed by atoms with Crippen LogP contribution in [0.2, 0.25) is 0 Å². The van der Waals surface area contributed by atoms with Crippen LogP contribution in [0.3, 0.4) is 0 Å². The lowest BCUT2D eigenvalue weighted by atomic mass is 9.55. The Morgan fingerprint density at radius 2 is 1.61 bits per heavy atom. The molecule has 2 N–H and O–H groups in total. The highest BCUT2D eigenvalue weighted by molar-refractivity contribution is 6.03. The molecule has 1 heterocycles. The van der Waals surface area contributed by atoms with Gasteiger partial charge in [-0.2, -0.15) is 0 Å². The third-order valence-electron chi connectivity index (χ3n) is 14.3. The molecule has 6 atom stereocenters. The monoisotopic (exact) mass is 984 g/mol. The molecule has 3 aliphatic rings. The van der Waals surface area contributed by atoms with Crippen molar-refractivity contribution < 1.29 is 48.1 Å². The van der Waals surface area contributed by atoms with Gasteiger partial charge in [-0.15, -0.1) is 6.58 Å². The highest BCUT2D eigenvalue weighted by Crippen LogP contribution is 2.62. The van der Waals surface area contributed by atoms with E-state index in [9.17, 15) is 29.5 Å². The number of hydrogen-bond donors (Lipinski definition) is 2. The van der Waals surface area contributed by atoms with Crippen LogP contribution in [-0.2, 0) is 27.5 Å². The maximum Gasteiger partial charge on any atom is 0.410 e. The zero-order valence-corrected chi connectivity index (χ0v) is 42.2. The van der Waals surface area contributed by atoms with Crippen LogP contribution in [0.25, 0.3) is 0 Å². The Hall–Kier alpha value is -5.31. The number of nitro groups is 1. The van der Waals surface area contributed by atoms with Gasteiger partial charge in [-0.05, 0) is 97.9 Å². The topological polar surface area (TPSA) is 162 Å². The van der Waals surface area contributed by atoms with E-state index in [-0.39, 0.29) is 75.3 Å². The van der Waals surface area contributed by atoms with Crippen LogP contribution in [-0.4, -0.2) is 76.6 Å². The molecule has 6 rings (SSSR count). The van der Waals surface area contributed by atoms with Gasteiger partial charge in [0.05, 0.1) is 29.8 Å². The minimum absolute atomic E-state index is 0.00303. The van der Waals surface area contributed by atoms with Crippen LogP contribution >= 0.6 is 0 Å². The van der Waals surface area contributed by atoms with Crippen molar-refractivity contribution in [2.24, 2.45) is 22.9 Å². The molecule has 1 aliphatic heterocycles. The smallest absolute Gasteiger partial charge is 0.410 e. The van der Waals surface area contributed by atoms with Crippen molar-refractivity contribution in [1.82, 2.24) is 4.90 Å². The highest BCUT2D eigenvalue weighted by Gasteiger charge is 2.65. The van der Waals surface area contributed by atoms with Crippen molar-refractivity contribution in [3.05, 3.63) is 124 Å². The highest BCUT2D eigenvalue weighted by atomic mass is 19.1. The third-order valence-corrected chi connectivity index (χ3v) is 14.3. The Morgan fingerprint density at radius 1 is 0.901 bits per heavy atom. The van der Waals surface area contributed by atoms with Crippen molar-refractivity contribution in [3.8, 4) is 11.5 Å². The molecule has 388 valence electrons.